The van der Waals surface area contributed by atoms with Crippen LogP contribution >= 0.6 is 0 Å². The summed E-state index contributed by atoms with van der Waals surface area (Å²) in [4.78, 5) is 9.01. The highest BCUT2D eigenvalue weighted by molar-refractivity contribution is 5.38. The number of hydrogen-bond acceptors (Lipinski definition) is 3. The predicted octanol–water partition coefficient (Wildman–Crippen LogP) is 1.47. The van der Waals surface area contributed by atoms with E-state index in [-0.39, 0.29) is 7.43 Å². The van der Waals surface area contributed by atoms with E-state index in [9.17, 15) is 0 Å². The van der Waals surface area contributed by atoms with Gasteiger partial charge in [-0.05, 0) is 19.2 Å². The van der Waals surface area contributed by atoms with Gasteiger partial charge in [0.05, 0.1) is 0 Å². The van der Waals surface area contributed by atoms with E-state index in [4.69, 9.17) is 0 Å². The molecule has 14 heavy (non-hydrogen) atoms. The smallest absolute Gasteiger partial charge is 0.128 e. The van der Waals surface area contributed by atoms with E-state index in [0.717, 1.165) is 32.0 Å². The monoisotopic (exact) mass is 193 g/mol. The van der Waals surface area contributed by atoms with E-state index >= 15 is 0 Å². The molecule has 1 fully saturated rings. The maximum Gasteiger partial charge on any atom is 0.128 e. The van der Waals surface area contributed by atoms with Crippen LogP contribution in [0.1, 0.15) is 7.43 Å². The lowest BCUT2D eigenvalue weighted by atomic mass is 10.3. The van der Waals surface area contributed by atoms with E-state index in [1.165, 1.54) is 0 Å². The standard InChI is InChI=1S/C10H15N3.CH4/c1-12-6-8-13(9-7-12)10-4-2-3-5-11-10;/h2-5H,6-9H2,1H3;1H4. The summed E-state index contributed by atoms with van der Waals surface area (Å²) in [5.74, 6) is 1.11. The third kappa shape index (κ3) is 2.45. The number of aromatic nitrogens is 1. The largest absolute Gasteiger partial charge is 0.354 e. The number of rotatable bonds is 1. The molecule has 78 valence electrons. The molecule has 0 atom stereocenters. The molecule has 3 heteroatoms. The fraction of sp³-hybridized carbons (Fsp3) is 0.545. The first-order valence-corrected chi connectivity index (χ1v) is 4.71. The fourth-order valence-corrected chi connectivity index (χ4v) is 1.58. The van der Waals surface area contributed by atoms with Gasteiger partial charge in [0, 0.05) is 32.4 Å². The quantitative estimate of drug-likeness (QED) is 0.673. The van der Waals surface area contributed by atoms with Crippen molar-refractivity contribution < 1.29 is 0 Å². The number of hydrogen-bond donors (Lipinski definition) is 0. The average molecular weight is 193 g/mol. The van der Waals surface area contributed by atoms with Crippen LogP contribution in [-0.4, -0.2) is 43.1 Å². The SMILES string of the molecule is C.CN1CCN(c2ccccn2)CC1. The highest BCUT2D eigenvalue weighted by Crippen LogP contribution is 2.11. The van der Waals surface area contributed by atoms with Gasteiger partial charge < -0.3 is 9.80 Å². The summed E-state index contributed by atoms with van der Waals surface area (Å²) in [5, 5.41) is 0. The minimum Gasteiger partial charge on any atom is -0.354 e. The summed E-state index contributed by atoms with van der Waals surface area (Å²) < 4.78 is 0. The van der Waals surface area contributed by atoms with Crippen LogP contribution in [0.3, 0.4) is 0 Å². The number of anilines is 1. The maximum absolute atomic E-state index is 4.33. The van der Waals surface area contributed by atoms with Gasteiger partial charge in [-0.3, -0.25) is 0 Å². The Morgan fingerprint density at radius 3 is 2.43 bits per heavy atom. The highest BCUT2D eigenvalue weighted by atomic mass is 15.3. The van der Waals surface area contributed by atoms with Gasteiger partial charge in [-0.2, -0.15) is 0 Å². The molecule has 0 radical (unpaired) electrons. The zero-order valence-corrected chi connectivity index (χ0v) is 7.98. The molecule has 0 unspecified atom stereocenters. The van der Waals surface area contributed by atoms with E-state index in [1.807, 2.05) is 18.3 Å². The van der Waals surface area contributed by atoms with Crippen LogP contribution in [0.25, 0.3) is 0 Å². The molecule has 1 aromatic heterocycles. The Kier molecular flexibility index (Phi) is 3.89. The highest BCUT2D eigenvalue weighted by Gasteiger charge is 2.14. The van der Waals surface area contributed by atoms with Gasteiger partial charge >= 0.3 is 0 Å². The predicted molar refractivity (Wildman–Crippen MR) is 60.7 cm³/mol. The van der Waals surface area contributed by atoms with Crippen LogP contribution in [-0.2, 0) is 0 Å². The van der Waals surface area contributed by atoms with Crippen molar-refractivity contribution in [3.05, 3.63) is 24.4 Å². The molecule has 0 aliphatic carbocycles. The minimum atomic E-state index is 0. The van der Waals surface area contributed by atoms with E-state index < -0.39 is 0 Å². The molecule has 1 aliphatic heterocycles. The lowest BCUT2D eigenvalue weighted by molar-refractivity contribution is 0.312. The molecule has 1 saturated heterocycles. The van der Waals surface area contributed by atoms with Gasteiger partial charge in [-0.1, -0.05) is 13.5 Å². The van der Waals surface area contributed by atoms with Crippen molar-refractivity contribution in [2.24, 2.45) is 0 Å². The normalized spacial score (nSPS) is 17.6. The summed E-state index contributed by atoms with van der Waals surface area (Å²) in [6.45, 7) is 4.45. The third-order valence-corrected chi connectivity index (χ3v) is 2.48. The van der Waals surface area contributed by atoms with Crippen LogP contribution in [0, 0.1) is 0 Å². The molecule has 0 N–H and O–H groups in total. The second kappa shape index (κ2) is 4.96. The van der Waals surface area contributed by atoms with E-state index in [1.54, 1.807) is 0 Å². The summed E-state index contributed by atoms with van der Waals surface area (Å²) in [7, 11) is 2.16. The summed E-state index contributed by atoms with van der Waals surface area (Å²) >= 11 is 0. The molecule has 0 bridgehead atoms. The van der Waals surface area contributed by atoms with Crippen molar-refractivity contribution in [1.29, 1.82) is 0 Å². The van der Waals surface area contributed by atoms with Crippen molar-refractivity contribution in [2.75, 3.05) is 38.1 Å². The molecule has 0 spiro atoms. The number of pyridine rings is 1. The van der Waals surface area contributed by atoms with E-state index in [0.29, 0.717) is 0 Å². The van der Waals surface area contributed by atoms with Gasteiger partial charge in [-0.25, -0.2) is 4.98 Å². The van der Waals surface area contributed by atoms with Crippen LogP contribution in [0.4, 0.5) is 5.82 Å². The Balaban J connectivity index is 0.000000980. The second-order valence-electron chi connectivity index (χ2n) is 3.48. The van der Waals surface area contributed by atoms with Crippen molar-refractivity contribution in [3.8, 4) is 0 Å². The first-order valence-electron chi connectivity index (χ1n) is 4.71. The molecule has 2 rings (SSSR count). The average Bonchev–Trinajstić information content (AvgIpc) is 2.20. The Bertz CT molecular complexity index is 252. The second-order valence-corrected chi connectivity index (χ2v) is 3.48. The molecule has 1 aliphatic rings. The maximum atomic E-state index is 4.33. The fourth-order valence-electron chi connectivity index (χ4n) is 1.58. The lowest BCUT2D eigenvalue weighted by Crippen LogP contribution is -2.44. The number of likely N-dealkylation sites (N-methyl/N-ethyl adjacent to an activating group) is 1. The zero-order chi connectivity index (χ0) is 9.10. The molecule has 0 aromatic carbocycles. The van der Waals surface area contributed by atoms with Gasteiger partial charge in [0.25, 0.3) is 0 Å². The van der Waals surface area contributed by atoms with Crippen LogP contribution in [0.2, 0.25) is 0 Å². The Labute approximate surface area is 86.4 Å². The number of piperazine rings is 1. The first kappa shape index (κ1) is 11.0. The molecule has 1 aromatic rings. The molecule has 0 saturated carbocycles. The lowest BCUT2D eigenvalue weighted by Gasteiger charge is -2.33. The third-order valence-electron chi connectivity index (χ3n) is 2.48. The molecule has 2 heterocycles. The van der Waals surface area contributed by atoms with Gasteiger partial charge in [0.15, 0.2) is 0 Å². The van der Waals surface area contributed by atoms with Crippen molar-refractivity contribution >= 4 is 5.82 Å². The Morgan fingerprint density at radius 2 is 1.86 bits per heavy atom. The molecular formula is C11H19N3. The molecule has 0 amide bonds. The molecule has 3 nitrogen and oxygen atoms in total. The Morgan fingerprint density at radius 1 is 1.14 bits per heavy atom. The van der Waals surface area contributed by atoms with Crippen LogP contribution < -0.4 is 4.90 Å². The van der Waals surface area contributed by atoms with Gasteiger partial charge in [0.1, 0.15) is 5.82 Å². The molecular weight excluding hydrogens is 174 g/mol. The van der Waals surface area contributed by atoms with Crippen molar-refractivity contribution in [1.82, 2.24) is 9.88 Å². The summed E-state index contributed by atoms with van der Waals surface area (Å²) in [6, 6.07) is 6.07. The minimum absolute atomic E-state index is 0. The van der Waals surface area contributed by atoms with E-state index in [2.05, 4.69) is 27.9 Å². The van der Waals surface area contributed by atoms with Crippen molar-refractivity contribution in [3.63, 3.8) is 0 Å². The summed E-state index contributed by atoms with van der Waals surface area (Å²) in [5.41, 5.74) is 0. The number of nitrogens with zero attached hydrogens (tertiary/aromatic N) is 3. The van der Waals surface area contributed by atoms with Gasteiger partial charge in [-0.15, -0.1) is 0 Å². The van der Waals surface area contributed by atoms with Crippen LogP contribution in [0.5, 0.6) is 0 Å². The zero-order valence-electron chi connectivity index (χ0n) is 7.98. The Hall–Kier alpha value is -1.09. The summed E-state index contributed by atoms with van der Waals surface area (Å²) in [6.07, 6.45) is 1.85. The topological polar surface area (TPSA) is 19.4 Å². The first-order chi connectivity index (χ1) is 6.36. The van der Waals surface area contributed by atoms with Gasteiger partial charge in [0.2, 0.25) is 0 Å². The van der Waals surface area contributed by atoms with Crippen LogP contribution in [0.15, 0.2) is 24.4 Å². The van der Waals surface area contributed by atoms with Crippen molar-refractivity contribution in [2.45, 2.75) is 7.43 Å².